The fourth-order valence-corrected chi connectivity index (χ4v) is 2.77. The first kappa shape index (κ1) is 13.7. The number of rotatable bonds is 3. The number of benzene rings is 2. The second-order valence-corrected chi connectivity index (χ2v) is 5.14. The fraction of sp³-hybridized carbons (Fsp3) is 0.278. The number of hydrogen-bond donors (Lipinski definition) is 0. The number of carbonyl (C=O) groups is 1. The standard InChI is InChI=1S/C18H18O3/c1-2-20-18(19)21-17-9-5-8-16(17)15-11-10-13-6-3-4-7-14(13)12-15/h3-8,10-12,16-17H,2,9H2,1H3/t16-,17+/m0/s1. The molecular formula is C18H18O3. The molecule has 2 aromatic carbocycles. The molecule has 1 aliphatic rings. The predicted molar refractivity (Wildman–Crippen MR) is 82.3 cm³/mol. The van der Waals surface area contributed by atoms with Gasteiger partial charge < -0.3 is 9.47 Å². The van der Waals surface area contributed by atoms with Crippen molar-refractivity contribution in [3.8, 4) is 0 Å². The molecule has 0 fully saturated rings. The molecule has 0 saturated carbocycles. The summed E-state index contributed by atoms with van der Waals surface area (Å²) in [5.74, 6) is 0.0963. The average molecular weight is 282 g/mol. The molecule has 0 spiro atoms. The molecule has 21 heavy (non-hydrogen) atoms. The molecule has 108 valence electrons. The Morgan fingerprint density at radius 1 is 1.19 bits per heavy atom. The molecule has 2 aromatic rings. The summed E-state index contributed by atoms with van der Waals surface area (Å²) in [7, 11) is 0. The van der Waals surface area contributed by atoms with Crippen LogP contribution in [0.2, 0.25) is 0 Å². The molecule has 0 heterocycles. The van der Waals surface area contributed by atoms with Crippen LogP contribution in [-0.4, -0.2) is 18.9 Å². The fourth-order valence-electron chi connectivity index (χ4n) is 2.77. The maximum Gasteiger partial charge on any atom is 0.508 e. The molecule has 0 amide bonds. The lowest BCUT2D eigenvalue weighted by Crippen LogP contribution is -2.22. The minimum atomic E-state index is -0.586. The molecule has 0 saturated heterocycles. The molecule has 0 unspecified atom stereocenters. The third-order valence-corrected chi connectivity index (χ3v) is 3.78. The third kappa shape index (κ3) is 2.92. The van der Waals surface area contributed by atoms with Crippen LogP contribution in [0.5, 0.6) is 0 Å². The van der Waals surface area contributed by atoms with Gasteiger partial charge in [0.2, 0.25) is 0 Å². The van der Waals surface area contributed by atoms with Gasteiger partial charge in [0.1, 0.15) is 6.10 Å². The van der Waals surface area contributed by atoms with Crippen LogP contribution in [-0.2, 0) is 9.47 Å². The Hall–Kier alpha value is -2.29. The van der Waals surface area contributed by atoms with Crippen LogP contribution in [0.15, 0.2) is 54.6 Å². The number of carbonyl (C=O) groups excluding carboxylic acids is 1. The van der Waals surface area contributed by atoms with Crippen molar-refractivity contribution in [2.24, 2.45) is 0 Å². The van der Waals surface area contributed by atoms with Crippen molar-refractivity contribution >= 4 is 16.9 Å². The lowest BCUT2D eigenvalue weighted by Gasteiger charge is -2.20. The van der Waals surface area contributed by atoms with E-state index < -0.39 is 6.16 Å². The van der Waals surface area contributed by atoms with Gasteiger partial charge in [-0.05, 0) is 23.3 Å². The van der Waals surface area contributed by atoms with E-state index in [1.165, 1.54) is 10.8 Å². The quantitative estimate of drug-likeness (QED) is 0.617. The van der Waals surface area contributed by atoms with Crippen LogP contribution in [0.3, 0.4) is 0 Å². The first-order chi connectivity index (χ1) is 10.3. The van der Waals surface area contributed by atoms with Crippen molar-refractivity contribution in [3.63, 3.8) is 0 Å². The molecule has 0 N–H and O–H groups in total. The highest BCUT2D eigenvalue weighted by Crippen LogP contribution is 2.33. The van der Waals surface area contributed by atoms with Gasteiger partial charge in [-0.3, -0.25) is 0 Å². The van der Waals surface area contributed by atoms with E-state index in [-0.39, 0.29) is 12.0 Å². The molecule has 0 aliphatic heterocycles. The topological polar surface area (TPSA) is 35.5 Å². The molecule has 1 aliphatic carbocycles. The minimum Gasteiger partial charge on any atom is -0.435 e. The Labute approximate surface area is 124 Å². The summed E-state index contributed by atoms with van der Waals surface area (Å²) in [6.45, 7) is 2.11. The van der Waals surface area contributed by atoms with E-state index >= 15 is 0 Å². The zero-order valence-electron chi connectivity index (χ0n) is 12.0. The van der Waals surface area contributed by atoms with Crippen LogP contribution in [0.4, 0.5) is 4.79 Å². The second kappa shape index (κ2) is 6.00. The molecule has 0 radical (unpaired) electrons. The van der Waals surface area contributed by atoms with Crippen LogP contribution >= 0.6 is 0 Å². The highest BCUT2D eigenvalue weighted by Gasteiger charge is 2.28. The SMILES string of the molecule is CCOC(=O)O[C@@H]1CC=C[C@H]1c1ccc2ccccc2c1. The largest absolute Gasteiger partial charge is 0.508 e. The Kier molecular flexibility index (Phi) is 3.91. The number of ether oxygens (including phenoxy) is 2. The van der Waals surface area contributed by atoms with Crippen LogP contribution in [0.1, 0.15) is 24.8 Å². The summed E-state index contributed by atoms with van der Waals surface area (Å²) in [4.78, 5) is 11.5. The number of hydrogen-bond acceptors (Lipinski definition) is 3. The lowest BCUT2D eigenvalue weighted by atomic mass is 9.94. The second-order valence-electron chi connectivity index (χ2n) is 5.14. The zero-order chi connectivity index (χ0) is 14.7. The van der Waals surface area contributed by atoms with Crippen LogP contribution in [0.25, 0.3) is 10.8 Å². The summed E-state index contributed by atoms with van der Waals surface area (Å²) in [6.07, 6.45) is 4.14. The van der Waals surface area contributed by atoms with Crippen molar-refractivity contribution < 1.29 is 14.3 Å². The smallest absolute Gasteiger partial charge is 0.435 e. The van der Waals surface area contributed by atoms with E-state index in [0.717, 1.165) is 12.0 Å². The summed E-state index contributed by atoms with van der Waals surface area (Å²) < 4.78 is 10.3. The molecule has 3 nitrogen and oxygen atoms in total. The Morgan fingerprint density at radius 2 is 2.00 bits per heavy atom. The van der Waals surface area contributed by atoms with Crippen molar-refractivity contribution in [2.75, 3.05) is 6.61 Å². The highest BCUT2D eigenvalue weighted by molar-refractivity contribution is 5.83. The van der Waals surface area contributed by atoms with E-state index in [1.807, 2.05) is 12.1 Å². The van der Waals surface area contributed by atoms with Gasteiger partial charge in [-0.25, -0.2) is 4.79 Å². The highest BCUT2D eigenvalue weighted by atomic mass is 16.7. The molecular weight excluding hydrogens is 264 g/mol. The van der Waals surface area contributed by atoms with Crippen molar-refractivity contribution in [2.45, 2.75) is 25.4 Å². The first-order valence-corrected chi connectivity index (χ1v) is 7.26. The summed E-state index contributed by atoms with van der Waals surface area (Å²) in [5, 5.41) is 2.41. The molecule has 2 atom stereocenters. The van der Waals surface area contributed by atoms with Gasteiger partial charge in [0.25, 0.3) is 0 Å². The monoisotopic (exact) mass is 282 g/mol. The van der Waals surface area contributed by atoms with Crippen LogP contribution in [0, 0.1) is 0 Å². The van der Waals surface area contributed by atoms with Crippen molar-refractivity contribution in [1.82, 2.24) is 0 Å². The predicted octanol–water partition coefficient (Wildman–Crippen LogP) is 4.43. The van der Waals surface area contributed by atoms with Gasteiger partial charge in [0.15, 0.2) is 0 Å². The van der Waals surface area contributed by atoms with Gasteiger partial charge in [0.05, 0.1) is 6.61 Å². The van der Waals surface area contributed by atoms with E-state index in [2.05, 4.69) is 42.5 Å². The zero-order valence-corrected chi connectivity index (χ0v) is 12.0. The van der Waals surface area contributed by atoms with Gasteiger partial charge in [0, 0.05) is 12.3 Å². The summed E-state index contributed by atoms with van der Waals surface area (Å²) >= 11 is 0. The minimum absolute atomic E-state index is 0.0963. The summed E-state index contributed by atoms with van der Waals surface area (Å²) in [5.41, 5.74) is 1.16. The lowest BCUT2D eigenvalue weighted by molar-refractivity contribution is 0.0253. The third-order valence-electron chi connectivity index (χ3n) is 3.78. The van der Waals surface area contributed by atoms with Gasteiger partial charge in [-0.1, -0.05) is 54.6 Å². The van der Waals surface area contributed by atoms with Gasteiger partial charge in [-0.2, -0.15) is 0 Å². The number of fused-ring (bicyclic) bond motifs is 1. The Morgan fingerprint density at radius 3 is 2.81 bits per heavy atom. The van der Waals surface area contributed by atoms with E-state index in [4.69, 9.17) is 9.47 Å². The maximum atomic E-state index is 11.5. The van der Waals surface area contributed by atoms with E-state index in [1.54, 1.807) is 6.92 Å². The molecule has 0 aromatic heterocycles. The normalized spacial score (nSPS) is 20.6. The van der Waals surface area contributed by atoms with E-state index in [9.17, 15) is 4.79 Å². The molecule has 0 bridgehead atoms. The van der Waals surface area contributed by atoms with Gasteiger partial charge >= 0.3 is 6.16 Å². The average Bonchev–Trinajstić information content (AvgIpc) is 2.95. The summed E-state index contributed by atoms with van der Waals surface area (Å²) in [6, 6.07) is 14.6. The van der Waals surface area contributed by atoms with Crippen molar-refractivity contribution in [3.05, 3.63) is 60.2 Å². The van der Waals surface area contributed by atoms with Gasteiger partial charge in [-0.15, -0.1) is 0 Å². The Bertz CT molecular complexity index is 675. The molecule has 3 rings (SSSR count). The Balaban J connectivity index is 1.82. The maximum absolute atomic E-state index is 11.5. The van der Waals surface area contributed by atoms with E-state index in [0.29, 0.717) is 6.61 Å². The first-order valence-electron chi connectivity index (χ1n) is 7.26. The molecule has 3 heteroatoms. The van der Waals surface area contributed by atoms with Crippen molar-refractivity contribution in [1.29, 1.82) is 0 Å². The van der Waals surface area contributed by atoms with Crippen LogP contribution < -0.4 is 0 Å².